The normalized spacial score (nSPS) is 21.4. The van der Waals surface area contributed by atoms with Crippen molar-refractivity contribution in [1.82, 2.24) is 19.8 Å². The van der Waals surface area contributed by atoms with Gasteiger partial charge in [0.2, 0.25) is 12.4 Å². The molecule has 0 N–H and O–H groups in total. The zero-order chi connectivity index (χ0) is 17.8. The van der Waals surface area contributed by atoms with Crippen LogP contribution in [0.1, 0.15) is 48.8 Å². The second-order valence-electron chi connectivity index (χ2n) is 6.88. The van der Waals surface area contributed by atoms with Crippen molar-refractivity contribution >= 4 is 18.3 Å². The number of nitrogens with zero attached hydrogens (tertiary/aromatic N) is 5. The zero-order valence-corrected chi connectivity index (χ0v) is 15.1. The average molecular weight is 345 g/mol. The molecule has 7 heteroatoms. The molecule has 3 heterocycles. The van der Waals surface area contributed by atoms with Crippen molar-refractivity contribution in [2.75, 3.05) is 37.6 Å². The van der Waals surface area contributed by atoms with Crippen LogP contribution >= 0.6 is 0 Å². The molecule has 2 saturated heterocycles. The SMILES string of the molecule is CCC1CCCCN1C(=O)c1cc(C)nc(N2CCN(C=O)CC2)n1. The summed E-state index contributed by atoms with van der Waals surface area (Å²) in [5.41, 5.74) is 1.29. The van der Waals surface area contributed by atoms with Crippen molar-refractivity contribution in [3.05, 3.63) is 17.5 Å². The summed E-state index contributed by atoms with van der Waals surface area (Å²) in [4.78, 5) is 38.7. The van der Waals surface area contributed by atoms with Crippen LogP contribution in [-0.4, -0.2) is 70.9 Å². The van der Waals surface area contributed by atoms with Crippen LogP contribution in [0, 0.1) is 6.92 Å². The first kappa shape index (κ1) is 17.6. The highest BCUT2D eigenvalue weighted by Gasteiger charge is 2.28. The van der Waals surface area contributed by atoms with E-state index in [-0.39, 0.29) is 5.91 Å². The predicted octanol–water partition coefficient (Wildman–Crippen LogP) is 1.47. The third-order valence-corrected chi connectivity index (χ3v) is 5.17. The van der Waals surface area contributed by atoms with E-state index in [9.17, 15) is 9.59 Å². The number of carbonyl (C=O) groups excluding carboxylic acids is 2. The maximum atomic E-state index is 13.0. The molecular weight excluding hydrogens is 318 g/mol. The third kappa shape index (κ3) is 3.91. The molecular formula is C18H27N5O2. The van der Waals surface area contributed by atoms with Crippen LogP contribution in [-0.2, 0) is 4.79 Å². The lowest BCUT2D eigenvalue weighted by molar-refractivity contribution is -0.118. The Morgan fingerprint density at radius 3 is 2.64 bits per heavy atom. The molecule has 2 fully saturated rings. The molecule has 0 saturated carbocycles. The zero-order valence-electron chi connectivity index (χ0n) is 15.1. The number of aryl methyl sites for hydroxylation is 1. The Hall–Kier alpha value is -2.18. The average Bonchev–Trinajstić information content (AvgIpc) is 2.67. The molecule has 1 unspecified atom stereocenters. The van der Waals surface area contributed by atoms with E-state index in [1.807, 2.05) is 11.8 Å². The number of amides is 2. The first-order chi connectivity index (χ1) is 12.1. The largest absolute Gasteiger partial charge is 0.342 e. The summed E-state index contributed by atoms with van der Waals surface area (Å²) in [7, 11) is 0. The van der Waals surface area contributed by atoms with Crippen LogP contribution in [0.25, 0.3) is 0 Å². The minimum Gasteiger partial charge on any atom is -0.342 e. The number of piperazine rings is 1. The molecule has 1 aromatic rings. The van der Waals surface area contributed by atoms with E-state index in [0.717, 1.165) is 37.9 Å². The second-order valence-corrected chi connectivity index (χ2v) is 6.88. The second kappa shape index (κ2) is 7.80. The Morgan fingerprint density at radius 2 is 1.96 bits per heavy atom. The van der Waals surface area contributed by atoms with Gasteiger partial charge in [-0.25, -0.2) is 9.97 Å². The van der Waals surface area contributed by atoms with E-state index in [1.54, 1.807) is 11.0 Å². The molecule has 2 amide bonds. The Labute approximate surface area is 149 Å². The molecule has 0 radical (unpaired) electrons. The highest BCUT2D eigenvalue weighted by atomic mass is 16.2. The monoisotopic (exact) mass is 345 g/mol. The highest BCUT2D eigenvalue weighted by molar-refractivity contribution is 5.93. The predicted molar refractivity (Wildman–Crippen MR) is 95.6 cm³/mol. The smallest absolute Gasteiger partial charge is 0.272 e. The maximum absolute atomic E-state index is 13.0. The van der Waals surface area contributed by atoms with Crippen LogP contribution in [0.15, 0.2) is 6.07 Å². The van der Waals surface area contributed by atoms with Crippen molar-refractivity contribution in [3.8, 4) is 0 Å². The number of hydrogen-bond acceptors (Lipinski definition) is 5. The highest BCUT2D eigenvalue weighted by Crippen LogP contribution is 2.22. The summed E-state index contributed by atoms with van der Waals surface area (Å²) in [6.45, 7) is 7.56. The maximum Gasteiger partial charge on any atom is 0.272 e. The van der Waals surface area contributed by atoms with Crippen molar-refractivity contribution < 1.29 is 9.59 Å². The Morgan fingerprint density at radius 1 is 1.20 bits per heavy atom. The molecule has 2 aliphatic rings. The van der Waals surface area contributed by atoms with Gasteiger partial charge in [0.25, 0.3) is 5.91 Å². The van der Waals surface area contributed by atoms with Gasteiger partial charge in [0, 0.05) is 44.5 Å². The van der Waals surface area contributed by atoms with E-state index < -0.39 is 0 Å². The minimum atomic E-state index is 0.0184. The van der Waals surface area contributed by atoms with Gasteiger partial charge in [-0.15, -0.1) is 0 Å². The Balaban J connectivity index is 1.79. The fourth-order valence-electron chi connectivity index (χ4n) is 3.67. The molecule has 1 atom stereocenters. The first-order valence-electron chi connectivity index (χ1n) is 9.23. The summed E-state index contributed by atoms with van der Waals surface area (Å²) in [6.07, 6.45) is 5.19. The van der Waals surface area contributed by atoms with E-state index in [0.29, 0.717) is 43.9 Å². The number of aromatic nitrogens is 2. The molecule has 25 heavy (non-hydrogen) atoms. The van der Waals surface area contributed by atoms with Crippen molar-refractivity contribution in [2.24, 2.45) is 0 Å². The lowest BCUT2D eigenvalue weighted by atomic mass is 9.99. The molecule has 0 spiro atoms. The van der Waals surface area contributed by atoms with Gasteiger partial charge in [-0.1, -0.05) is 6.92 Å². The number of hydrogen-bond donors (Lipinski definition) is 0. The van der Waals surface area contributed by atoms with Gasteiger partial charge >= 0.3 is 0 Å². The lowest BCUT2D eigenvalue weighted by Crippen LogP contribution is -2.47. The third-order valence-electron chi connectivity index (χ3n) is 5.17. The van der Waals surface area contributed by atoms with Gasteiger partial charge in [-0.3, -0.25) is 9.59 Å². The molecule has 7 nitrogen and oxygen atoms in total. The van der Waals surface area contributed by atoms with E-state index in [4.69, 9.17) is 0 Å². The quantitative estimate of drug-likeness (QED) is 0.773. The van der Waals surface area contributed by atoms with Crippen molar-refractivity contribution in [1.29, 1.82) is 0 Å². The van der Waals surface area contributed by atoms with Crippen molar-refractivity contribution in [2.45, 2.75) is 45.6 Å². The molecule has 0 bridgehead atoms. The van der Waals surface area contributed by atoms with Gasteiger partial charge in [-0.2, -0.15) is 0 Å². The van der Waals surface area contributed by atoms with Gasteiger partial charge in [0.15, 0.2) is 0 Å². The fraction of sp³-hybridized carbons (Fsp3) is 0.667. The van der Waals surface area contributed by atoms with Crippen molar-refractivity contribution in [3.63, 3.8) is 0 Å². The summed E-state index contributed by atoms with van der Waals surface area (Å²) in [5.74, 6) is 0.615. The topological polar surface area (TPSA) is 69.6 Å². The van der Waals surface area contributed by atoms with Crippen LogP contribution in [0.5, 0.6) is 0 Å². The molecule has 3 rings (SSSR count). The standard InChI is InChI=1S/C18H27N5O2/c1-3-15-6-4-5-7-23(15)17(25)16-12-14(2)19-18(20-16)22-10-8-21(13-24)9-11-22/h12-13,15H,3-11H2,1-2H3. The molecule has 0 aromatic carbocycles. The van der Waals surface area contributed by atoms with Crippen LogP contribution < -0.4 is 4.90 Å². The van der Waals surface area contributed by atoms with E-state index in [2.05, 4.69) is 21.8 Å². The molecule has 2 aliphatic heterocycles. The Bertz CT molecular complexity index is 628. The number of rotatable bonds is 4. The first-order valence-corrected chi connectivity index (χ1v) is 9.23. The van der Waals surface area contributed by atoms with Gasteiger partial charge < -0.3 is 14.7 Å². The lowest BCUT2D eigenvalue weighted by Gasteiger charge is -2.35. The summed E-state index contributed by atoms with van der Waals surface area (Å²) < 4.78 is 0. The van der Waals surface area contributed by atoms with E-state index in [1.165, 1.54) is 6.42 Å². The summed E-state index contributed by atoms with van der Waals surface area (Å²) in [6, 6.07) is 2.10. The van der Waals surface area contributed by atoms with Crippen LogP contribution in [0.3, 0.4) is 0 Å². The van der Waals surface area contributed by atoms with Crippen LogP contribution in [0.4, 0.5) is 5.95 Å². The minimum absolute atomic E-state index is 0.0184. The number of likely N-dealkylation sites (tertiary alicyclic amines) is 1. The number of carbonyl (C=O) groups is 2. The van der Waals surface area contributed by atoms with Gasteiger partial charge in [0.1, 0.15) is 5.69 Å². The molecule has 136 valence electrons. The summed E-state index contributed by atoms with van der Waals surface area (Å²) in [5, 5.41) is 0. The Kier molecular flexibility index (Phi) is 5.50. The van der Waals surface area contributed by atoms with Crippen LogP contribution in [0.2, 0.25) is 0 Å². The summed E-state index contributed by atoms with van der Waals surface area (Å²) >= 11 is 0. The van der Waals surface area contributed by atoms with E-state index >= 15 is 0 Å². The van der Waals surface area contributed by atoms with Gasteiger partial charge in [0.05, 0.1) is 0 Å². The fourth-order valence-corrected chi connectivity index (χ4v) is 3.67. The van der Waals surface area contributed by atoms with Gasteiger partial charge in [-0.05, 0) is 38.7 Å². The number of anilines is 1. The molecule has 0 aliphatic carbocycles. The molecule has 1 aromatic heterocycles. The number of piperidine rings is 1.